The predicted octanol–water partition coefficient (Wildman–Crippen LogP) is 0.521. The molecule has 0 bridgehead atoms. The van der Waals surface area contributed by atoms with E-state index >= 15 is 0 Å². The maximum Gasteiger partial charge on any atom is 0.242 e. The zero-order chi connectivity index (χ0) is 9.97. The van der Waals surface area contributed by atoms with Gasteiger partial charge in [0.25, 0.3) is 0 Å². The van der Waals surface area contributed by atoms with Gasteiger partial charge in [0, 0.05) is 0 Å². The highest BCUT2D eigenvalue weighted by Gasteiger charge is 2.24. The molecule has 1 aromatic rings. The minimum absolute atomic E-state index is 0.115. The molecule has 0 aliphatic carbocycles. The van der Waals surface area contributed by atoms with Gasteiger partial charge in [0.2, 0.25) is 5.91 Å². The van der Waals surface area contributed by atoms with Crippen molar-refractivity contribution in [1.29, 1.82) is 0 Å². The molecular formula is C9H10FN3O. The number of carbonyl (C=O) groups excluding carboxylic acids is 1. The smallest absolute Gasteiger partial charge is 0.242 e. The molecule has 1 fully saturated rings. The largest absolute Gasteiger partial charge is 0.309 e. The summed E-state index contributed by atoms with van der Waals surface area (Å²) >= 11 is 0. The lowest BCUT2D eigenvalue weighted by Gasteiger charge is -2.25. The Morgan fingerprint density at radius 3 is 2.93 bits per heavy atom. The van der Waals surface area contributed by atoms with Crippen LogP contribution in [-0.4, -0.2) is 23.5 Å². The fourth-order valence-corrected chi connectivity index (χ4v) is 1.18. The molecule has 14 heavy (non-hydrogen) atoms. The number of pyridine rings is 1. The van der Waals surface area contributed by atoms with Crippen LogP contribution in [0.25, 0.3) is 0 Å². The minimum Gasteiger partial charge on any atom is -0.309 e. The summed E-state index contributed by atoms with van der Waals surface area (Å²) in [5, 5.41) is 5.55. The van der Waals surface area contributed by atoms with E-state index < -0.39 is 5.82 Å². The molecule has 1 saturated heterocycles. The topological polar surface area (TPSA) is 54.0 Å². The SMILES string of the molecule is O=C(Nc1ccc(F)cn1)[C@@H]1CCN1. The third-order valence-corrected chi connectivity index (χ3v) is 2.12. The summed E-state index contributed by atoms with van der Waals surface area (Å²) in [6.07, 6.45) is 1.91. The van der Waals surface area contributed by atoms with E-state index in [-0.39, 0.29) is 11.9 Å². The van der Waals surface area contributed by atoms with Crippen LogP contribution in [0.3, 0.4) is 0 Å². The van der Waals surface area contributed by atoms with E-state index in [1.165, 1.54) is 12.1 Å². The number of anilines is 1. The molecule has 5 heteroatoms. The molecule has 74 valence electrons. The molecule has 0 saturated carbocycles. The van der Waals surface area contributed by atoms with Gasteiger partial charge >= 0.3 is 0 Å². The molecule has 2 heterocycles. The number of amides is 1. The van der Waals surface area contributed by atoms with Crippen LogP contribution >= 0.6 is 0 Å². The van der Waals surface area contributed by atoms with Crippen LogP contribution in [0.2, 0.25) is 0 Å². The average molecular weight is 195 g/mol. The third kappa shape index (κ3) is 1.88. The lowest BCUT2D eigenvalue weighted by molar-refractivity contribution is -0.119. The summed E-state index contributed by atoms with van der Waals surface area (Å²) in [6, 6.07) is 2.57. The van der Waals surface area contributed by atoms with Gasteiger partial charge < -0.3 is 10.6 Å². The van der Waals surface area contributed by atoms with Crippen molar-refractivity contribution < 1.29 is 9.18 Å². The number of hydrogen-bond acceptors (Lipinski definition) is 3. The predicted molar refractivity (Wildman–Crippen MR) is 49.2 cm³/mol. The molecule has 0 spiro atoms. The van der Waals surface area contributed by atoms with E-state index in [0.717, 1.165) is 19.2 Å². The molecule has 1 amide bonds. The maximum atomic E-state index is 12.5. The van der Waals surface area contributed by atoms with Crippen molar-refractivity contribution in [2.45, 2.75) is 12.5 Å². The Hall–Kier alpha value is -1.49. The second-order valence-corrected chi connectivity index (χ2v) is 3.15. The summed E-state index contributed by atoms with van der Waals surface area (Å²) in [6.45, 7) is 0.870. The highest BCUT2D eigenvalue weighted by atomic mass is 19.1. The van der Waals surface area contributed by atoms with E-state index in [2.05, 4.69) is 15.6 Å². The van der Waals surface area contributed by atoms with Crippen LogP contribution in [0.15, 0.2) is 18.3 Å². The van der Waals surface area contributed by atoms with Crippen molar-refractivity contribution in [2.75, 3.05) is 11.9 Å². The van der Waals surface area contributed by atoms with Crippen LogP contribution in [-0.2, 0) is 4.79 Å². The first-order chi connectivity index (χ1) is 6.75. The zero-order valence-electron chi connectivity index (χ0n) is 7.46. The van der Waals surface area contributed by atoms with E-state index in [0.29, 0.717) is 5.82 Å². The summed E-state index contributed by atoms with van der Waals surface area (Å²) in [5.74, 6) is -0.148. The normalized spacial score (nSPS) is 19.9. The molecule has 0 radical (unpaired) electrons. The molecule has 1 atom stereocenters. The van der Waals surface area contributed by atoms with Gasteiger partial charge in [-0.1, -0.05) is 0 Å². The molecule has 4 nitrogen and oxygen atoms in total. The Morgan fingerprint density at radius 1 is 1.64 bits per heavy atom. The standard InChI is InChI=1S/C9H10FN3O/c10-6-1-2-8(12-5-6)13-9(14)7-3-4-11-7/h1-2,5,7,11H,3-4H2,(H,12,13,14)/t7-/m0/s1. The van der Waals surface area contributed by atoms with Gasteiger partial charge in [-0.3, -0.25) is 4.79 Å². The maximum absolute atomic E-state index is 12.5. The average Bonchev–Trinajstić information content (AvgIpc) is 2.06. The Labute approximate surface area is 80.5 Å². The fraction of sp³-hybridized carbons (Fsp3) is 0.333. The molecule has 1 aliphatic rings. The Morgan fingerprint density at radius 2 is 2.43 bits per heavy atom. The van der Waals surface area contributed by atoms with Gasteiger partial charge in [-0.05, 0) is 25.1 Å². The molecule has 0 aromatic carbocycles. The number of halogens is 1. The number of hydrogen-bond donors (Lipinski definition) is 2. The second kappa shape index (κ2) is 3.71. The van der Waals surface area contributed by atoms with Crippen LogP contribution in [0.1, 0.15) is 6.42 Å². The van der Waals surface area contributed by atoms with E-state index in [1.54, 1.807) is 0 Å². The van der Waals surface area contributed by atoms with Crippen molar-refractivity contribution in [3.63, 3.8) is 0 Å². The summed E-state index contributed by atoms with van der Waals surface area (Å²) in [7, 11) is 0. The fourth-order valence-electron chi connectivity index (χ4n) is 1.18. The third-order valence-electron chi connectivity index (χ3n) is 2.12. The van der Waals surface area contributed by atoms with E-state index in [4.69, 9.17) is 0 Å². The first kappa shape index (κ1) is 9.08. The summed E-state index contributed by atoms with van der Waals surface area (Å²) in [4.78, 5) is 15.1. The number of nitrogens with one attached hydrogen (secondary N) is 2. The molecule has 2 rings (SSSR count). The Balaban J connectivity index is 1.96. The van der Waals surface area contributed by atoms with Gasteiger partial charge in [0.05, 0.1) is 12.2 Å². The van der Waals surface area contributed by atoms with Gasteiger partial charge in [0.15, 0.2) is 0 Å². The second-order valence-electron chi connectivity index (χ2n) is 3.15. The van der Waals surface area contributed by atoms with Crippen LogP contribution in [0.4, 0.5) is 10.2 Å². The van der Waals surface area contributed by atoms with Crippen molar-refractivity contribution >= 4 is 11.7 Å². The van der Waals surface area contributed by atoms with Crippen molar-refractivity contribution in [1.82, 2.24) is 10.3 Å². The van der Waals surface area contributed by atoms with Crippen molar-refractivity contribution in [2.24, 2.45) is 0 Å². The Bertz CT molecular complexity index is 334. The molecule has 1 aliphatic heterocycles. The van der Waals surface area contributed by atoms with Gasteiger partial charge in [-0.25, -0.2) is 9.37 Å². The first-order valence-electron chi connectivity index (χ1n) is 4.41. The molecule has 2 N–H and O–H groups in total. The highest BCUT2D eigenvalue weighted by molar-refractivity contribution is 5.94. The quantitative estimate of drug-likeness (QED) is 0.723. The minimum atomic E-state index is -0.412. The lowest BCUT2D eigenvalue weighted by atomic mass is 10.1. The van der Waals surface area contributed by atoms with Crippen molar-refractivity contribution in [3.8, 4) is 0 Å². The monoisotopic (exact) mass is 195 g/mol. The lowest BCUT2D eigenvalue weighted by Crippen LogP contribution is -2.50. The molecule has 0 unspecified atom stereocenters. The number of carbonyl (C=O) groups is 1. The Kier molecular flexibility index (Phi) is 2.41. The molecule has 1 aromatic heterocycles. The van der Waals surface area contributed by atoms with Crippen LogP contribution in [0, 0.1) is 5.82 Å². The van der Waals surface area contributed by atoms with Crippen LogP contribution in [0.5, 0.6) is 0 Å². The van der Waals surface area contributed by atoms with Gasteiger partial charge in [-0.15, -0.1) is 0 Å². The summed E-state index contributed by atoms with van der Waals surface area (Å²) < 4.78 is 12.5. The zero-order valence-corrected chi connectivity index (χ0v) is 7.46. The van der Waals surface area contributed by atoms with E-state index in [1.807, 2.05) is 0 Å². The summed E-state index contributed by atoms with van der Waals surface area (Å²) in [5.41, 5.74) is 0. The van der Waals surface area contributed by atoms with Gasteiger partial charge in [-0.2, -0.15) is 0 Å². The number of aromatic nitrogens is 1. The molecular weight excluding hydrogens is 185 g/mol. The number of rotatable bonds is 2. The van der Waals surface area contributed by atoms with Crippen molar-refractivity contribution in [3.05, 3.63) is 24.1 Å². The first-order valence-corrected chi connectivity index (χ1v) is 4.41. The van der Waals surface area contributed by atoms with Crippen LogP contribution < -0.4 is 10.6 Å². The van der Waals surface area contributed by atoms with E-state index in [9.17, 15) is 9.18 Å². The van der Waals surface area contributed by atoms with Gasteiger partial charge in [0.1, 0.15) is 11.6 Å². The highest BCUT2D eigenvalue weighted by Crippen LogP contribution is 2.07. The number of nitrogens with zero attached hydrogens (tertiary/aromatic N) is 1.